The molecule has 1 aromatic heterocycles. The number of carboxylic acids is 1. The minimum Gasteiger partial charge on any atom is -0.478 e. The van der Waals surface area contributed by atoms with Gasteiger partial charge in [-0.15, -0.1) is 0 Å². The van der Waals surface area contributed by atoms with Gasteiger partial charge in [0.25, 0.3) is 0 Å². The average Bonchev–Trinajstić information content (AvgIpc) is 2.72. The molecule has 1 aliphatic carbocycles. The Morgan fingerprint density at radius 3 is 2.42 bits per heavy atom. The molecule has 0 amide bonds. The van der Waals surface area contributed by atoms with Crippen LogP contribution in [0.25, 0.3) is 0 Å². The molecule has 0 spiro atoms. The Morgan fingerprint density at radius 2 is 2.00 bits per heavy atom. The van der Waals surface area contributed by atoms with E-state index in [9.17, 15) is 9.59 Å². The molecule has 0 radical (unpaired) electrons. The van der Waals surface area contributed by atoms with Crippen molar-refractivity contribution in [3.63, 3.8) is 0 Å². The predicted octanol–water partition coefficient (Wildman–Crippen LogP) is 2.60. The van der Waals surface area contributed by atoms with Gasteiger partial charge in [0.05, 0.1) is 17.9 Å². The maximum Gasteiger partial charge on any atom is 0.339 e. The molecule has 1 N–H and O–H groups in total. The lowest BCUT2D eigenvalue weighted by atomic mass is 9.71. The van der Waals surface area contributed by atoms with Crippen LogP contribution in [0.5, 0.6) is 0 Å². The number of nitrogens with zero attached hydrogens (tertiary/aromatic N) is 2. The molecule has 0 aliphatic heterocycles. The molecular weight excluding hydrogens is 244 g/mol. The number of aromatic nitrogens is 2. The molecule has 1 saturated carbocycles. The molecule has 1 heterocycles. The van der Waals surface area contributed by atoms with Crippen LogP contribution in [0.4, 0.5) is 0 Å². The van der Waals surface area contributed by atoms with E-state index >= 15 is 0 Å². The molecule has 5 nitrogen and oxygen atoms in total. The molecule has 0 saturated heterocycles. The van der Waals surface area contributed by atoms with Crippen molar-refractivity contribution < 1.29 is 14.7 Å². The third-order valence-electron chi connectivity index (χ3n) is 4.53. The fourth-order valence-corrected chi connectivity index (χ4v) is 2.84. The van der Waals surface area contributed by atoms with E-state index in [0.717, 1.165) is 25.7 Å². The minimum absolute atomic E-state index is 0.209. The first-order valence-corrected chi connectivity index (χ1v) is 6.63. The number of carbonyl (C=O) groups excluding carboxylic acids is 1. The molecule has 1 aliphatic rings. The zero-order valence-corrected chi connectivity index (χ0v) is 11.6. The van der Waals surface area contributed by atoms with E-state index in [1.54, 1.807) is 13.8 Å². The standard InChI is InChI=1S/C14H20N2O3/c1-9-12(13(18)19)8-15-16(9)11-4-6-14(3,7-5-11)10(2)17/h8,11H,4-7H2,1-3H3,(H,18,19)/t11-,14-. The van der Waals surface area contributed by atoms with E-state index < -0.39 is 5.97 Å². The van der Waals surface area contributed by atoms with Crippen LogP contribution in [-0.2, 0) is 4.79 Å². The number of hydrogen-bond acceptors (Lipinski definition) is 3. The van der Waals surface area contributed by atoms with E-state index in [0.29, 0.717) is 5.69 Å². The number of carbonyl (C=O) groups is 2. The second kappa shape index (κ2) is 4.79. The summed E-state index contributed by atoms with van der Waals surface area (Å²) in [5.41, 5.74) is 0.747. The summed E-state index contributed by atoms with van der Waals surface area (Å²) in [6.07, 6.45) is 4.84. The largest absolute Gasteiger partial charge is 0.478 e. The molecule has 19 heavy (non-hydrogen) atoms. The lowest BCUT2D eigenvalue weighted by Gasteiger charge is -2.35. The molecular formula is C14H20N2O3. The van der Waals surface area contributed by atoms with Gasteiger partial charge in [-0.3, -0.25) is 9.48 Å². The Balaban J connectivity index is 2.14. The topological polar surface area (TPSA) is 72.2 Å². The first-order chi connectivity index (χ1) is 8.85. The molecule has 1 fully saturated rings. The van der Waals surface area contributed by atoms with Gasteiger partial charge in [0.2, 0.25) is 0 Å². The molecule has 1 aromatic rings. The fourth-order valence-electron chi connectivity index (χ4n) is 2.84. The van der Waals surface area contributed by atoms with Crippen molar-refractivity contribution in [3.8, 4) is 0 Å². The number of carboxylic acid groups (broad SMARTS) is 1. The lowest BCUT2D eigenvalue weighted by molar-refractivity contribution is -0.127. The van der Waals surface area contributed by atoms with Gasteiger partial charge in [0.15, 0.2) is 0 Å². The van der Waals surface area contributed by atoms with Gasteiger partial charge in [-0.05, 0) is 39.5 Å². The normalized spacial score (nSPS) is 27.2. The molecule has 0 unspecified atom stereocenters. The molecule has 0 bridgehead atoms. The van der Waals surface area contributed by atoms with Crippen molar-refractivity contribution in [2.24, 2.45) is 5.41 Å². The van der Waals surface area contributed by atoms with Gasteiger partial charge in [-0.2, -0.15) is 5.10 Å². The summed E-state index contributed by atoms with van der Waals surface area (Å²) in [4.78, 5) is 22.6. The third-order valence-corrected chi connectivity index (χ3v) is 4.53. The smallest absolute Gasteiger partial charge is 0.339 e. The van der Waals surface area contributed by atoms with E-state index in [1.165, 1.54) is 6.20 Å². The molecule has 5 heteroatoms. The van der Waals surface area contributed by atoms with Crippen molar-refractivity contribution >= 4 is 11.8 Å². The van der Waals surface area contributed by atoms with Gasteiger partial charge < -0.3 is 5.11 Å². The number of Topliss-reactive ketones (excluding diaryl/α,β-unsaturated/α-hetero) is 1. The highest BCUT2D eigenvalue weighted by atomic mass is 16.4. The van der Waals surface area contributed by atoms with Gasteiger partial charge >= 0.3 is 5.97 Å². The zero-order valence-electron chi connectivity index (χ0n) is 11.6. The highest BCUT2D eigenvalue weighted by molar-refractivity contribution is 5.88. The second-order valence-corrected chi connectivity index (χ2v) is 5.74. The van der Waals surface area contributed by atoms with Gasteiger partial charge in [-0.1, -0.05) is 6.92 Å². The molecule has 104 valence electrons. The monoisotopic (exact) mass is 264 g/mol. The highest BCUT2D eigenvalue weighted by Gasteiger charge is 2.36. The zero-order chi connectivity index (χ0) is 14.2. The third kappa shape index (κ3) is 2.41. The van der Waals surface area contributed by atoms with Crippen molar-refractivity contribution in [2.75, 3.05) is 0 Å². The number of hydrogen-bond donors (Lipinski definition) is 1. The summed E-state index contributed by atoms with van der Waals surface area (Å²) in [5.74, 6) is -0.692. The average molecular weight is 264 g/mol. The molecule has 0 aromatic carbocycles. The van der Waals surface area contributed by atoms with Crippen LogP contribution in [0, 0.1) is 12.3 Å². The Kier molecular flexibility index (Phi) is 3.47. The lowest BCUT2D eigenvalue weighted by Crippen LogP contribution is -2.32. The van der Waals surface area contributed by atoms with Crippen LogP contribution in [0.1, 0.15) is 61.6 Å². The first kappa shape index (κ1) is 13.8. The van der Waals surface area contributed by atoms with Gasteiger partial charge in [0, 0.05) is 5.41 Å². The summed E-state index contributed by atoms with van der Waals surface area (Å²) >= 11 is 0. The van der Waals surface area contributed by atoms with Crippen LogP contribution >= 0.6 is 0 Å². The van der Waals surface area contributed by atoms with E-state index in [-0.39, 0.29) is 22.8 Å². The van der Waals surface area contributed by atoms with Crippen molar-refractivity contribution in [1.29, 1.82) is 0 Å². The number of rotatable bonds is 3. The van der Waals surface area contributed by atoms with Crippen molar-refractivity contribution in [2.45, 2.75) is 52.5 Å². The SMILES string of the molecule is Cc1c(C(=O)O)cnn1[C@H]1CC[C@](C)(C(C)=O)CC1. The number of aromatic carboxylic acids is 1. The quantitative estimate of drug-likeness (QED) is 0.910. The summed E-state index contributed by atoms with van der Waals surface area (Å²) in [6, 6.07) is 0.209. The van der Waals surface area contributed by atoms with Crippen molar-refractivity contribution in [3.05, 3.63) is 17.5 Å². The summed E-state index contributed by atoms with van der Waals surface area (Å²) in [5, 5.41) is 13.2. The number of ketones is 1. The maximum absolute atomic E-state index is 11.6. The summed E-state index contributed by atoms with van der Waals surface area (Å²) in [7, 11) is 0. The Hall–Kier alpha value is -1.65. The molecule has 0 atom stereocenters. The predicted molar refractivity (Wildman–Crippen MR) is 70.2 cm³/mol. The van der Waals surface area contributed by atoms with E-state index in [4.69, 9.17) is 5.11 Å². The fraction of sp³-hybridized carbons (Fsp3) is 0.643. The van der Waals surface area contributed by atoms with Gasteiger partial charge in [-0.25, -0.2) is 4.79 Å². The summed E-state index contributed by atoms with van der Waals surface area (Å²) in [6.45, 7) is 5.46. The van der Waals surface area contributed by atoms with Crippen LogP contribution < -0.4 is 0 Å². The van der Waals surface area contributed by atoms with Crippen LogP contribution in [0.15, 0.2) is 6.20 Å². The Bertz CT molecular complexity index is 511. The van der Waals surface area contributed by atoms with Crippen LogP contribution in [0.2, 0.25) is 0 Å². The maximum atomic E-state index is 11.6. The second-order valence-electron chi connectivity index (χ2n) is 5.74. The van der Waals surface area contributed by atoms with E-state index in [1.807, 2.05) is 11.6 Å². The Morgan fingerprint density at radius 1 is 1.42 bits per heavy atom. The van der Waals surface area contributed by atoms with Crippen LogP contribution in [-0.4, -0.2) is 26.6 Å². The minimum atomic E-state index is -0.937. The van der Waals surface area contributed by atoms with Gasteiger partial charge in [0.1, 0.15) is 11.3 Å². The Labute approximate surface area is 112 Å². The van der Waals surface area contributed by atoms with Crippen LogP contribution in [0.3, 0.4) is 0 Å². The highest BCUT2D eigenvalue weighted by Crippen LogP contribution is 2.41. The molecule has 2 rings (SSSR count). The first-order valence-electron chi connectivity index (χ1n) is 6.63. The van der Waals surface area contributed by atoms with Crippen molar-refractivity contribution in [1.82, 2.24) is 9.78 Å². The summed E-state index contributed by atoms with van der Waals surface area (Å²) < 4.78 is 1.81. The van der Waals surface area contributed by atoms with E-state index in [2.05, 4.69) is 5.10 Å².